The smallest absolute Gasteiger partial charge is 0.273 e. The summed E-state index contributed by atoms with van der Waals surface area (Å²) in [6.45, 7) is 0. The van der Waals surface area contributed by atoms with E-state index in [4.69, 9.17) is 5.26 Å². The average Bonchev–Trinajstić information content (AvgIpc) is 3.33. The summed E-state index contributed by atoms with van der Waals surface area (Å²) >= 11 is 0. The van der Waals surface area contributed by atoms with Crippen LogP contribution in [0.5, 0.6) is 0 Å². The third-order valence-corrected chi connectivity index (χ3v) is 4.88. The Morgan fingerprint density at radius 1 is 0.879 bits per heavy atom. The normalized spacial score (nSPS) is 10.3. The number of nitrogens with zero attached hydrogens (tertiary/aromatic N) is 4. The molecule has 1 aromatic heterocycles. The number of hydrogen-bond acceptors (Lipinski definition) is 5. The fourth-order valence-electron chi connectivity index (χ4n) is 3.18. The Morgan fingerprint density at radius 3 is 2.21 bits per heavy atom. The lowest BCUT2D eigenvalue weighted by molar-refractivity contribution is -0.121. The maximum absolute atomic E-state index is 12.6. The molecule has 0 unspecified atom stereocenters. The van der Waals surface area contributed by atoms with Crippen LogP contribution in [-0.2, 0) is 11.2 Å². The van der Waals surface area contributed by atoms with Crippen LogP contribution in [0, 0.1) is 11.3 Å². The highest BCUT2D eigenvalue weighted by Crippen LogP contribution is 2.20. The zero-order valence-electron chi connectivity index (χ0n) is 17.6. The summed E-state index contributed by atoms with van der Waals surface area (Å²) in [6.07, 6.45) is 0.653. The molecule has 0 aliphatic carbocycles. The number of carbonyl (C=O) groups is 2. The molecule has 8 nitrogen and oxygen atoms in total. The Bertz CT molecular complexity index is 1240. The number of nitriles is 1. The standard InChI is InChI=1S/C25H20N6O2/c26-17-19-13-11-18(12-14-19)15-16-22(32)28-29-25(33)23-27-24(20-7-3-1-4-8-20)31(30-23)21-9-5-2-6-10-21/h1-14H,15-16H2,(H,28,32)(H,29,33). The molecule has 3 aromatic carbocycles. The average molecular weight is 436 g/mol. The molecule has 2 amide bonds. The summed E-state index contributed by atoms with van der Waals surface area (Å²) in [5.41, 5.74) is 7.83. The third-order valence-electron chi connectivity index (χ3n) is 4.88. The van der Waals surface area contributed by atoms with Gasteiger partial charge in [0, 0.05) is 12.0 Å². The lowest BCUT2D eigenvalue weighted by Gasteiger charge is -2.06. The van der Waals surface area contributed by atoms with E-state index in [0.29, 0.717) is 17.8 Å². The van der Waals surface area contributed by atoms with Gasteiger partial charge in [-0.05, 0) is 36.2 Å². The van der Waals surface area contributed by atoms with Crippen LogP contribution >= 0.6 is 0 Å². The number of aromatic nitrogens is 3. The number of hydrazine groups is 1. The van der Waals surface area contributed by atoms with Gasteiger partial charge in [0.05, 0.1) is 17.3 Å². The predicted octanol–water partition coefficient (Wildman–Crippen LogP) is 3.20. The topological polar surface area (TPSA) is 113 Å². The van der Waals surface area contributed by atoms with Crippen LogP contribution in [0.1, 0.15) is 28.2 Å². The first-order chi connectivity index (χ1) is 16.1. The van der Waals surface area contributed by atoms with Gasteiger partial charge < -0.3 is 0 Å². The van der Waals surface area contributed by atoms with Crippen molar-refractivity contribution in [3.05, 3.63) is 102 Å². The minimum atomic E-state index is -0.617. The van der Waals surface area contributed by atoms with Gasteiger partial charge in [-0.2, -0.15) is 5.26 Å². The molecule has 4 aromatic rings. The number of para-hydroxylation sites is 1. The molecule has 0 fully saturated rings. The molecule has 8 heteroatoms. The lowest BCUT2D eigenvalue weighted by atomic mass is 10.1. The summed E-state index contributed by atoms with van der Waals surface area (Å²) < 4.78 is 1.59. The van der Waals surface area contributed by atoms with E-state index in [1.165, 1.54) is 0 Å². The van der Waals surface area contributed by atoms with Gasteiger partial charge in [0.1, 0.15) is 0 Å². The molecule has 0 saturated heterocycles. The van der Waals surface area contributed by atoms with Crippen molar-refractivity contribution in [1.82, 2.24) is 25.6 Å². The first-order valence-corrected chi connectivity index (χ1v) is 10.3. The highest BCUT2D eigenvalue weighted by Gasteiger charge is 2.19. The fraction of sp³-hybridized carbons (Fsp3) is 0.0800. The van der Waals surface area contributed by atoms with Crippen molar-refractivity contribution in [2.75, 3.05) is 0 Å². The highest BCUT2D eigenvalue weighted by atomic mass is 16.2. The van der Waals surface area contributed by atoms with Gasteiger partial charge in [0.15, 0.2) is 5.82 Å². The molecule has 0 atom stereocenters. The minimum Gasteiger partial charge on any atom is -0.273 e. The lowest BCUT2D eigenvalue weighted by Crippen LogP contribution is -2.42. The van der Waals surface area contributed by atoms with Crippen molar-refractivity contribution in [2.24, 2.45) is 0 Å². The van der Waals surface area contributed by atoms with Crippen molar-refractivity contribution in [3.63, 3.8) is 0 Å². The molecular weight excluding hydrogens is 416 g/mol. The fourth-order valence-corrected chi connectivity index (χ4v) is 3.18. The van der Waals surface area contributed by atoms with Gasteiger partial charge in [-0.1, -0.05) is 60.7 Å². The summed E-state index contributed by atoms with van der Waals surface area (Å²) in [5, 5.41) is 13.2. The van der Waals surface area contributed by atoms with E-state index in [2.05, 4.69) is 27.0 Å². The number of nitrogens with one attached hydrogen (secondary N) is 2. The molecule has 0 aliphatic rings. The largest absolute Gasteiger partial charge is 0.309 e. The SMILES string of the molecule is N#Cc1ccc(CCC(=O)NNC(=O)c2nc(-c3ccccc3)n(-c3ccccc3)n2)cc1. The van der Waals surface area contributed by atoms with Gasteiger partial charge in [-0.25, -0.2) is 9.67 Å². The predicted molar refractivity (Wildman–Crippen MR) is 122 cm³/mol. The zero-order chi connectivity index (χ0) is 23.0. The number of hydrogen-bond donors (Lipinski definition) is 2. The molecule has 1 heterocycles. The monoisotopic (exact) mass is 436 g/mol. The van der Waals surface area contributed by atoms with E-state index < -0.39 is 5.91 Å². The van der Waals surface area contributed by atoms with Gasteiger partial charge in [-0.15, -0.1) is 5.10 Å². The molecule has 2 N–H and O–H groups in total. The maximum atomic E-state index is 12.6. The van der Waals surface area contributed by atoms with Gasteiger partial charge in [0.25, 0.3) is 0 Å². The molecule has 0 radical (unpaired) electrons. The molecule has 0 saturated carbocycles. The van der Waals surface area contributed by atoms with E-state index >= 15 is 0 Å². The summed E-state index contributed by atoms with van der Waals surface area (Å²) in [5.74, 6) is -0.517. The molecule has 4 rings (SSSR count). The molecule has 0 spiro atoms. The van der Waals surface area contributed by atoms with E-state index in [1.54, 1.807) is 28.9 Å². The van der Waals surface area contributed by atoms with Crippen LogP contribution in [0.25, 0.3) is 17.1 Å². The zero-order valence-corrected chi connectivity index (χ0v) is 17.6. The maximum Gasteiger partial charge on any atom is 0.309 e. The number of rotatable bonds is 6. The Kier molecular flexibility index (Phi) is 6.52. The Hall–Kier alpha value is -4.77. The number of aryl methyl sites for hydroxylation is 1. The first-order valence-electron chi connectivity index (χ1n) is 10.3. The van der Waals surface area contributed by atoms with Crippen LogP contribution in [0.2, 0.25) is 0 Å². The summed E-state index contributed by atoms with van der Waals surface area (Å²) in [6, 6.07) is 27.9. The van der Waals surface area contributed by atoms with Gasteiger partial charge in [-0.3, -0.25) is 20.4 Å². The summed E-state index contributed by atoms with van der Waals surface area (Å²) in [4.78, 5) is 29.2. The summed E-state index contributed by atoms with van der Waals surface area (Å²) in [7, 11) is 0. The van der Waals surface area contributed by atoms with Gasteiger partial charge in [0.2, 0.25) is 11.7 Å². The van der Waals surface area contributed by atoms with Crippen LogP contribution < -0.4 is 10.9 Å². The van der Waals surface area contributed by atoms with Crippen molar-refractivity contribution >= 4 is 11.8 Å². The van der Waals surface area contributed by atoms with Crippen LogP contribution in [0.3, 0.4) is 0 Å². The van der Waals surface area contributed by atoms with E-state index in [1.807, 2.05) is 60.7 Å². The molecular formula is C25H20N6O2. The minimum absolute atomic E-state index is 0.0647. The molecule has 162 valence electrons. The van der Waals surface area contributed by atoms with E-state index in [-0.39, 0.29) is 18.2 Å². The quantitative estimate of drug-likeness (QED) is 0.451. The second kappa shape index (κ2) is 10.0. The third kappa shape index (κ3) is 5.29. The first kappa shape index (κ1) is 21.5. The molecule has 33 heavy (non-hydrogen) atoms. The Morgan fingerprint density at radius 2 is 1.55 bits per heavy atom. The van der Waals surface area contributed by atoms with Crippen LogP contribution in [0.4, 0.5) is 0 Å². The second-order valence-electron chi connectivity index (χ2n) is 7.18. The second-order valence-corrected chi connectivity index (χ2v) is 7.18. The van der Waals surface area contributed by atoms with Crippen molar-refractivity contribution in [2.45, 2.75) is 12.8 Å². The molecule has 0 bridgehead atoms. The Balaban J connectivity index is 1.43. The van der Waals surface area contributed by atoms with Crippen LogP contribution in [-0.4, -0.2) is 26.6 Å². The van der Waals surface area contributed by atoms with Crippen molar-refractivity contribution in [1.29, 1.82) is 5.26 Å². The Labute approximate surface area is 190 Å². The molecule has 0 aliphatic heterocycles. The van der Waals surface area contributed by atoms with Gasteiger partial charge >= 0.3 is 5.91 Å². The van der Waals surface area contributed by atoms with E-state index in [0.717, 1.165) is 16.8 Å². The highest BCUT2D eigenvalue weighted by molar-refractivity contribution is 5.92. The van der Waals surface area contributed by atoms with E-state index in [9.17, 15) is 9.59 Å². The number of carbonyl (C=O) groups excluding carboxylic acids is 2. The van der Waals surface area contributed by atoms with Crippen molar-refractivity contribution in [3.8, 4) is 23.1 Å². The van der Waals surface area contributed by atoms with Crippen LogP contribution in [0.15, 0.2) is 84.9 Å². The number of amides is 2. The van der Waals surface area contributed by atoms with Crippen molar-refractivity contribution < 1.29 is 9.59 Å². The number of benzene rings is 3.